The van der Waals surface area contributed by atoms with Crippen LogP contribution < -0.4 is 15.5 Å². The molecule has 1 aromatic carbocycles. The minimum atomic E-state index is -0.207. The summed E-state index contributed by atoms with van der Waals surface area (Å²) in [4.78, 5) is 13.8. The van der Waals surface area contributed by atoms with E-state index in [0.29, 0.717) is 18.9 Å². The highest BCUT2D eigenvalue weighted by atomic mass is 35.5. The Morgan fingerprint density at radius 1 is 1.32 bits per heavy atom. The Morgan fingerprint density at radius 3 is 2.64 bits per heavy atom. The van der Waals surface area contributed by atoms with Gasteiger partial charge in [0.15, 0.2) is 0 Å². The number of nitrogens with zero attached hydrogens (tertiary/aromatic N) is 1. The van der Waals surface area contributed by atoms with E-state index in [1.165, 1.54) is 12.1 Å². The van der Waals surface area contributed by atoms with E-state index < -0.39 is 0 Å². The van der Waals surface area contributed by atoms with Crippen molar-refractivity contribution >= 4 is 36.4 Å². The number of amides is 1. The molecule has 0 saturated carbocycles. The van der Waals surface area contributed by atoms with Gasteiger partial charge in [-0.2, -0.15) is 0 Å². The van der Waals surface area contributed by atoms with Gasteiger partial charge >= 0.3 is 0 Å². The van der Waals surface area contributed by atoms with E-state index in [9.17, 15) is 9.18 Å². The third-order valence-electron chi connectivity index (χ3n) is 3.67. The molecule has 1 atom stereocenters. The molecule has 1 amide bonds. The van der Waals surface area contributed by atoms with Crippen LogP contribution in [0.25, 0.3) is 0 Å². The number of nitrogens with one attached hydrogen (secondary N) is 2. The normalized spacial score (nSPS) is 16.6. The van der Waals surface area contributed by atoms with Gasteiger partial charge in [-0.1, -0.05) is 0 Å². The molecule has 4 nitrogen and oxygen atoms in total. The molecule has 1 heterocycles. The molecule has 1 fully saturated rings. The number of halogens is 3. The fourth-order valence-corrected chi connectivity index (χ4v) is 2.47. The van der Waals surface area contributed by atoms with Gasteiger partial charge in [-0.3, -0.25) is 4.79 Å². The van der Waals surface area contributed by atoms with Crippen LogP contribution in [0.2, 0.25) is 0 Å². The largest absolute Gasteiger partial charge is 0.371 e. The van der Waals surface area contributed by atoms with Crippen molar-refractivity contribution in [2.24, 2.45) is 5.92 Å². The number of hydrogen-bond acceptors (Lipinski definition) is 3. The number of hydrogen-bond donors (Lipinski definition) is 2. The van der Waals surface area contributed by atoms with Crippen LogP contribution in [0.1, 0.15) is 12.8 Å². The molecular formula is C15H24Cl2FN3O. The average molecular weight is 352 g/mol. The first kappa shape index (κ1) is 21.0. The van der Waals surface area contributed by atoms with Crippen LogP contribution >= 0.6 is 24.8 Å². The summed E-state index contributed by atoms with van der Waals surface area (Å²) in [6.07, 6.45) is 1.58. The zero-order chi connectivity index (χ0) is 14.4. The minimum Gasteiger partial charge on any atom is -0.371 e. The quantitative estimate of drug-likeness (QED) is 0.825. The lowest BCUT2D eigenvalue weighted by atomic mass is 10.1. The number of rotatable bonds is 6. The molecule has 1 unspecified atom stereocenters. The van der Waals surface area contributed by atoms with Crippen molar-refractivity contribution in [2.75, 3.05) is 38.1 Å². The van der Waals surface area contributed by atoms with E-state index in [0.717, 1.165) is 31.7 Å². The second-order valence-electron chi connectivity index (χ2n) is 5.23. The summed E-state index contributed by atoms with van der Waals surface area (Å²) in [5, 5.41) is 5.93. The van der Waals surface area contributed by atoms with Gasteiger partial charge in [0.1, 0.15) is 5.82 Å². The maximum atomic E-state index is 12.9. The third kappa shape index (κ3) is 6.38. The topological polar surface area (TPSA) is 44.4 Å². The molecule has 1 aliphatic rings. The molecule has 2 rings (SSSR count). The van der Waals surface area contributed by atoms with Gasteiger partial charge in [0.05, 0.1) is 0 Å². The van der Waals surface area contributed by atoms with Crippen molar-refractivity contribution in [1.82, 2.24) is 10.6 Å². The van der Waals surface area contributed by atoms with E-state index in [4.69, 9.17) is 0 Å². The summed E-state index contributed by atoms with van der Waals surface area (Å²) < 4.78 is 12.9. The van der Waals surface area contributed by atoms with Crippen LogP contribution in [0.4, 0.5) is 10.1 Å². The lowest BCUT2D eigenvalue weighted by Gasteiger charge is -2.18. The number of benzene rings is 1. The van der Waals surface area contributed by atoms with Crippen LogP contribution in [0, 0.1) is 11.7 Å². The first-order valence-corrected chi connectivity index (χ1v) is 7.11. The van der Waals surface area contributed by atoms with Crippen molar-refractivity contribution in [1.29, 1.82) is 0 Å². The van der Waals surface area contributed by atoms with Gasteiger partial charge < -0.3 is 15.5 Å². The molecule has 0 bridgehead atoms. The summed E-state index contributed by atoms with van der Waals surface area (Å²) in [5.41, 5.74) is 1.05. The van der Waals surface area contributed by atoms with Gasteiger partial charge in [-0.05, 0) is 43.7 Å². The molecule has 0 spiro atoms. The fraction of sp³-hybridized carbons (Fsp3) is 0.533. The van der Waals surface area contributed by atoms with Crippen LogP contribution in [-0.2, 0) is 4.79 Å². The second-order valence-corrected chi connectivity index (χ2v) is 5.23. The molecule has 0 aromatic heterocycles. The first-order valence-electron chi connectivity index (χ1n) is 7.11. The van der Waals surface area contributed by atoms with Gasteiger partial charge in [-0.25, -0.2) is 4.39 Å². The van der Waals surface area contributed by atoms with Crippen molar-refractivity contribution in [3.8, 4) is 0 Å². The van der Waals surface area contributed by atoms with Crippen molar-refractivity contribution in [3.63, 3.8) is 0 Å². The number of carbonyl (C=O) groups excluding carboxylic acids is 1. The SMILES string of the molecule is CNCCC(=O)NCC1CCN(c2ccc(F)cc2)C1.Cl.Cl. The molecule has 0 radical (unpaired) electrons. The maximum Gasteiger partial charge on any atom is 0.221 e. The lowest BCUT2D eigenvalue weighted by Crippen LogP contribution is -2.32. The Morgan fingerprint density at radius 2 is 2.00 bits per heavy atom. The first-order chi connectivity index (χ1) is 9.69. The Balaban J connectivity index is 0.00000220. The summed E-state index contributed by atoms with van der Waals surface area (Å²) in [6, 6.07) is 6.59. The van der Waals surface area contributed by atoms with Gasteiger partial charge in [-0.15, -0.1) is 24.8 Å². The average Bonchev–Trinajstić information content (AvgIpc) is 2.92. The highest BCUT2D eigenvalue weighted by Crippen LogP contribution is 2.23. The molecule has 7 heteroatoms. The Hall–Kier alpha value is -1.04. The highest BCUT2D eigenvalue weighted by Gasteiger charge is 2.22. The standard InChI is InChI=1S/C15H22FN3O.2ClH/c1-17-8-6-15(20)18-10-12-7-9-19(11-12)14-4-2-13(16)3-5-14;;/h2-5,12,17H,6-11H2,1H3,(H,18,20);2*1H. The molecular weight excluding hydrogens is 328 g/mol. The van der Waals surface area contributed by atoms with Gasteiger partial charge in [0.2, 0.25) is 5.91 Å². The molecule has 1 aromatic rings. The van der Waals surface area contributed by atoms with E-state index in [1.54, 1.807) is 0 Å². The fourth-order valence-electron chi connectivity index (χ4n) is 2.47. The Kier molecular flexibility index (Phi) is 10.1. The molecule has 2 N–H and O–H groups in total. The Bertz CT molecular complexity index is 445. The van der Waals surface area contributed by atoms with Crippen LogP contribution in [0.5, 0.6) is 0 Å². The second kappa shape index (κ2) is 10.6. The third-order valence-corrected chi connectivity index (χ3v) is 3.67. The molecule has 1 saturated heterocycles. The van der Waals surface area contributed by atoms with E-state index >= 15 is 0 Å². The predicted octanol–water partition coefficient (Wildman–Crippen LogP) is 2.22. The van der Waals surface area contributed by atoms with Crippen LogP contribution in [-0.4, -0.2) is 39.1 Å². The highest BCUT2D eigenvalue weighted by molar-refractivity contribution is 5.85. The maximum absolute atomic E-state index is 12.9. The van der Waals surface area contributed by atoms with Crippen LogP contribution in [0.3, 0.4) is 0 Å². The van der Waals surface area contributed by atoms with E-state index in [-0.39, 0.29) is 36.5 Å². The number of carbonyl (C=O) groups is 1. The van der Waals surface area contributed by atoms with Gasteiger partial charge in [0.25, 0.3) is 0 Å². The van der Waals surface area contributed by atoms with Gasteiger partial charge in [0, 0.05) is 38.3 Å². The van der Waals surface area contributed by atoms with E-state index in [2.05, 4.69) is 15.5 Å². The Labute approximate surface area is 143 Å². The zero-order valence-electron chi connectivity index (χ0n) is 12.7. The summed E-state index contributed by atoms with van der Waals surface area (Å²) in [7, 11) is 1.84. The summed E-state index contributed by atoms with van der Waals surface area (Å²) in [6.45, 7) is 3.30. The molecule has 126 valence electrons. The minimum absolute atomic E-state index is 0. The monoisotopic (exact) mass is 351 g/mol. The zero-order valence-corrected chi connectivity index (χ0v) is 14.3. The van der Waals surface area contributed by atoms with E-state index in [1.807, 2.05) is 19.2 Å². The van der Waals surface area contributed by atoms with Crippen molar-refractivity contribution in [3.05, 3.63) is 30.1 Å². The molecule has 1 aliphatic heterocycles. The smallest absolute Gasteiger partial charge is 0.221 e. The number of anilines is 1. The lowest BCUT2D eigenvalue weighted by molar-refractivity contribution is -0.121. The van der Waals surface area contributed by atoms with Crippen molar-refractivity contribution in [2.45, 2.75) is 12.8 Å². The van der Waals surface area contributed by atoms with Crippen LogP contribution in [0.15, 0.2) is 24.3 Å². The predicted molar refractivity (Wildman–Crippen MR) is 92.8 cm³/mol. The summed E-state index contributed by atoms with van der Waals surface area (Å²) in [5.74, 6) is 0.361. The van der Waals surface area contributed by atoms with Crippen molar-refractivity contribution < 1.29 is 9.18 Å². The molecule has 0 aliphatic carbocycles. The molecule has 22 heavy (non-hydrogen) atoms. The summed E-state index contributed by atoms with van der Waals surface area (Å²) >= 11 is 0.